The molecule has 172 valence electrons. The lowest BCUT2D eigenvalue weighted by Gasteiger charge is -2.39. The van der Waals surface area contributed by atoms with E-state index in [0.717, 1.165) is 32.1 Å². The molecule has 7 heteroatoms. The van der Waals surface area contributed by atoms with E-state index < -0.39 is 11.4 Å². The number of hydrogen-bond donors (Lipinski definition) is 1. The molecule has 3 heterocycles. The van der Waals surface area contributed by atoms with Gasteiger partial charge in [-0.3, -0.25) is 4.79 Å². The van der Waals surface area contributed by atoms with Gasteiger partial charge in [-0.15, -0.1) is 0 Å². The summed E-state index contributed by atoms with van der Waals surface area (Å²) in [6.45, 7) is 7.51. The van der Waals surface area contributed by atoms with Gasteiger partial charge in [0.2, 0.25) is 0 Å². The highest BCUT2D eigenvalue weighted by Crippen LogP contribution is 2.49. The zero-order valence-corrected chi connectivity index (χ0v) is 18.7. The van der Waals surface area contributed by atoms with Crippen LogP contribution in [0.15, 0.2) is 24.3 Å². The van der Waals surface area contributed by atoms with Crippen LogP contribution in [0.1, 0.15) is 52.9 Å². The molecule has 1 amide bonds. The molecule has 6 nitrogen and oxygen atoms in total. The second-order valence-corrected chi connectivity index (χ2v) is 10.2. The molecule has 3 saturated heterocycles. The molecule has 31 heavy (non-hydrogen) atoms. The van der Waals surface area contributed by atoms with Crippen molar-refractivity contribution in [2.24, 2.45) is 5.41 Å². The van der Waals surface area contributed by atoms with Crippen LogP contribution >= 0.6 is 0 Å². The third-order valence-corrected chi connectivity index (χ3v) is 7.36. The van der Waals surface area contributed by atoms with Crippen molar-refractivity contribution in [1.82, 2.24) is 4.90 Å². The monoisotopic (exact) mass is 435 g/mol. The molecule has 1 aromatic rings. The number of likely N-dealkylation sites (tertiary alicyclic amines) is 1. The normalized spacial score (nSPS) is 30.7. The van der Waals surface area contributed by atoms with E-state index in [1.807, 2.05) is 0 Å². The number of halogens is 1. The highest BCUT2D eigenvalue weighted by atomic mass is 19.1. The molecule has 1 aromatic carbocycles. The van der Waals surface area contributed by atoms with Gasteiger partial charge in [0.25, 0.3) is 5.91 Å². The lowest BCUT2D eigenvalue weighted by molar-refractivity contribution is -0.155. The van der Waals surface area contributed by atoms with Crippen LogP contribution in [-0.4, -0.2) is 65.6 Å². The lowest BCUT2D eigenvalue weighted by atomic mass is 9.74. The van der Waals surface area contributed by atoms with E-state index in [1.165, 1.54) is 12.1 Å². The Morgan fingerprint density at radius 1 is 1.29 bits per heavy atom. The van der Waals surface area contributed by atoms with Gasteiger partial charge in [-0.25, -0.2) is 4.39 Å². The first kappa shape index (κ1) is 22.5. The van der Waals surface area contributed by atoms with Crippen molar-refractivity contribution in [1.29, 1.82) is 0 Å². The second kappa shape index (κ2) is 8.34. The Bertz CT molecular complexity index is 801. The molecule has 4 rings (SSSR count). The van der Waals surface area contributed by atoms with Crippen LogP contribution in [0.25, 0.3) is 0 Å². The third kappa shape index (κ3) is 4.73. The van der Waals surface area contributed by atoms with E-state index in [4.69, 9.17) is 14.2 Å². The first-order valence-electron chi connectivity index (χ1n) is 11.3. The van der Waals surface area contributed by atoms with Crippen LogP contribution in [-0.2, 0) is 14.3 Å². The van der Waals surface area contributed by atoms with E-state index in [0.29, 0.717) is 19.7 Å². The maximum atomic E-state index is 13.7. The molecule has 3 aliphatic rings. The molecule has 3 aliphatic heterocycles. The highest BCUT2D eigenvalue weighted by Gasteiger charge is 2.53. The van der Waals surface area contributed by atoms with Crippen molar-refractivity contribution in [2.75, 3.05) is 26.3 Å². The third-order valence-electron chi connectivity index (χ3n) is 7.36. The molecule has 1 N–H and O–H groups in total. The summed E-state index contributed by atoms with van der Waals surface area (Å²) in [5.74, 6) is -0.477. The minimum absolute atomic E-state index is 0.00601. The largest absolute Gasteiger partial charge is 0.481 e. The Hall–Kier alpha value is -1.70. The minimum Gasteiger partial charge on any atom is -0.481 e. The summed E-state index contributed by atoms with van der Waals surface area (Å²) in [4.78, 5) is 14.3. The van der Waals surface area contributed by atoms with Crippen LogP contribution in [0, 0.1) is 11.2 Å². The number of piperidine rings is 1. The Balaban J connectivity index is 1.28. The van der Waals surface area contributed by atoms with Gasteiger partial charge in [-0.05, 0) is 70.4 Å². The van der Waals surface area contributed by atoms with Crippen LogP contribution < -0.4 is 4.74 Å². The predicted molar refractivity (Wildman–Crippen MR) is 113 cm³/mol. The number of nitrogens with zero attached hydrogens (tertiary/aromatic N) is 1. The van der Waals surface area contributed by atoms with Crippen molar-refractivity contribution in [3.63, 3.8) is 0 Å². The number of carbonyl (C=O) groups is 1. The molecule has 0 aromatic heterocycles. The van der Waals surface area contributed by atoms with Gasteiger partial charge < -0.3 is 24.2 Å². The molecule has 1 spiro atoms. The van der Waals surface area contributed by atoms with Crippen molar-refractivity contribution in [2.45, 2.75) is 76.3 Å². The zero-order chi connectivity index (χ0) is 22.3. The quantitative estimate of drug-likeness (QED) is 0.769. The van der Waals surface area contributed by atoms with Crippen LogP contribution in [0.4, 0.5) is 4.39 Å². The SMILES string of the molecule is CC(C)(O)[C@@H]1CC[C@](C)([C@H]2CC3(CCN(C(=O)COc4ccccc4F)CC3)CO2)O1. The summed E-state index contributed by atoms with van der Waals surface area (Å²) >= 11 is 0. The first-order valence-corrected chi connectivity index (χ1v) is 11.3. The van der Waals surface area contributed by atoms with Gasteiger partial charge in [-0.2, -0.15) is 0 Å². The summed E-state index contributed by atoms with van der Waals surface area (Å²) in [7, 11) is 0. The molecule has 0 unspecified atom stereocenters. The molecule has 3 atom stereocenters. The number of para-hydroxylation sites is 1. The maximum Gasteiger partial charge on any atom is 0.260 e. The summed E-state index contributed by atoms with van der Waals surface area (Å²) in [6.07, 6.45) is 4.20. The summed E-state index contributed by atoms with van der Waals surface area (Å²) < 4.78 is 31.6. The zero-order valence-electron chi connectivity index (χ0n) is 18.7. The number of amides is 1. The number of carbonyl (C=O) groups excluding carboxylic acids is 1. The molecule has 0 saturated carbocycles. The summed E-state index contributed by atoms with van der Waals surface area (Å²) in [6, 6.07) is 6.12. The Morgan fingerprint density at radius 3 is 2.65 bits per heavy atom. The Morgan fingerprint density at radius 2 is 2.00 bits per heavy atom. The highest BCUT2D eigenvalue weighted by molar-refractivity contribution is 5.77. The van der Waals surface area contributed by atoms with Gasteiger partial charge in [0.15, 0.2) is 18.2 Å². The molecular weight excluding hydrogens is 401 g/mol. The van der Waals surface area contributed by atoms with Gasteiger partial charge in [0.05, 0.1) is 30.0 Å². The lowest BCUT2D eigenvalue weighted by Crippen LogP contribution is -2.46. The predicted octanol–water partition coefficient (Wildman–Crippen LogP) is 3.31. The van der Waals surface area contributed by atoms with E-state index >= 15 is 0 Å². The van der Waals surface area contributed by atoms with E-state index in [-0.39, 0.29) is 41.5 Å². The number of benzene rings is 1. The fraction of sp³-hybridized carbons (Fsp3) is 0.708. The Kier molecular flexibility index (Phi) is 6.05. The molecule has 0 bridgehead atoms. The topological polar surface area (TPSA) is 68.2 Å². The number of ether oxygens (including phenoxy) is 3. The summed E-state index contributed by atoms with van der Waals surface area (Å²) in [5.41, 5.74) is -1.17. The van der Waals surface area contributed by atoms with Crippen molar-refractivity contribution >= 4 is 5.91 Å². The molecular formula is C24H34FNO5. The van der Waals surface area contributed by atoms with Crippen molar-refractivity contribution in [3.8, 4) is 5.75 Å². The van der Waals surface area contributed by atoms with E-state index in [2.05, 4.69) is 6.92 Å². The van der Waals surface area contributed by atoms with Crippen molar-refractivity contribution in [3.05, 3.63) is 30.1 Å². The van der Waals surface area contributed by atoms with Gasteiger partial charge in [0.1, 0.15) is 0 Å². The molecule has 3 fully saturated rings. The smallest absolute Gasteiger partial charge is 0.260 e. The number of rotatable bonds is 5. The summed E-state index contributed by atoms with van der Waals surface area (Å²) in [5, 5.41) is 10.3. The fourth-order valence-corrected chi connectivity index (χ4v) is 5.15. The fourth-order valence-electron chi connectivity index (χ4n) is 5.15. The number of hydrogen-bond acceptors (Lipinski definition) is 5. The average molecular weight is 436 g/mol. The van der Waals surface area contributed by atoms with Crippen LogP contribution in [0.3, 0.4) is 0 Å². The standard InChI is InChI=1S/C24H34FNO5/c1-22(2,28)19-8-9-23(3,31-19)20-14-24(16-30-20)10-12-26(13-11-24)21(27)15-29-18-7-5-4-6-17(18)25/h4-7,19-20,28H,8-16H2,1-3H3/t19-,20+,23+/m0/s1. The molecule has 0 radical (unpaired) electrons. The number of aliphatic hydroxyl groups is 1. The molecule has 0 aliphatic carbocycles. The second-order valence-electron chi connectivity index (χ2n) is 10.2. The maximum absolute atomic E-state index is 13.7. The van der Waals surface area contributed by atoms with Gasteiger partial charge in [-0.1, -0.05) is 12.1 Å². The minimum atomic E-state index is -0.857. The van der Waals surface area contributed by atoms with Gasteiger partial charge in [0, 0.05) is 13.1 Å². The van der Waals surface area contributed by atoms with Crippen LogP contribution in [0.2, 0.25) is 0 Å². The average Bonchev–Trinajstić information content (AvgIpc) is 3.33. The van der Waals surface area contributed by atoms with Crippen LogP contribution in [0.5, 0.6) is 5.75 Å². The van der Waals surface area contributed by atoms with Gasteiger partial charge >= 0.3 is 0 Å². The van der Waals surface area contributed by atoms with Crippen molar-refractivity contribution < 1.29 is 28.5 Å². The first-order chi connectivity index (χ1) is 14.6. The van der Waals surface area contributed by atoms with E-state index in [1.54, 1.807) is 30.9 Å². The Labute approximate surface area is 183 Å². The van der Waals surface area contributed by atoms with E-state index in [9.17, 15) is 14.3 Å².